The Bertz CT molecular complexity index is 1110. The highest BCUT2D eigenvalue weighted by atomic mass is 32.2. The zero-order chi connectivity index (χ0) is 22.6. The standard InChI is InChI=1S/C18H18N4O8S/c1-2-8-30-22(31(27,28)16-6-4-3-5-15(16)21(25)26)14-10-13(17-19-7-9-29-17)11-20(12-14)18(23)24/h2-7,9-10,14H,1,8,11-12H2,(H,23,24). The van der Waals surface area contributed by atoms with Gasteiger partial charge in [-0.2, -0.15) is 0 Å². The van der Waals surface area contributed by atoms with Gasteiger partial charge in [-0.05, 0) is 6.07 Å². The van der Waals surface area contributed by atoms with Gasteiger partial charge in [0.1, 0.15) is 6.26 Å². The van der Waals surface area contributed by atoms with E-state index in [9.17, 15) is 28.4 Å². The zero-order valence-electron chi connectivity index (χ0n) is 16.0. The van der Waals surface area contributed by atoms with Crippen molar-refractivity contribution in [2.24, 2.45) is 0 Å². The Morgan fingerprint density at radius 2 is 2.23 bits per heavy atom. The number of nitro benzene ring substituents is 1. The first-order valence-corrected chi connectivity index (χ1v) is 10.3. The number of hydroxylamine groups is 1. The van der Waals surface area contributed by atoms with Crippen molar-refractivity contribution in [3.05, 3.63) is 71.5 Å². The van der Waals surface area contributed by atoms with Crippen LogP contribution in [0.3, 0.4) is 0 Å². The molecule has 1 N–H and O–H groups in total. The molecule has 2 aromatic rings. The number of amides is 1. The van der Waals surface area contributed by atoms with Crippen molar-refractivity contribution in [3.63, 3.8) is 0 Å². The van der Waals surface area contributed by atoms with Gasteiger partial charge in [0.25, 0.3) is 15.7 Å². The topological polar surface area (TPSA) is 156 Å². The number of nitro groups is 1. The van der Waals surface area contributed by atoms with Crippen LogP contribution in [-0.4, -0.2) is 64.6 Å². The van der Waals surface area contributed by atoms with Crippen LogP contribution >= 0.6 is 0 Å². The molecule has 2 heterocycles. The summed E-state index contributed by atoms with van der Waals surface area (Å²) in [5.41, 5.74) is -0.328. The molecular weight excluding hydrogens is 432 g/mol. The van der Waals surface area contributed by atoms with E-state index in [0.717, 1.165) is 17.0 Å². The summed E-state index contributed by atoms with van der Waals surface area (Å²) in [6, 6.07) is 3.64. The Morgan fingerprint density at radius 3 is 2.84 bits per heavy atom. The van der Waals surface area contributed by atoms with E-state index >= 15 is 0 Å². The van der Waals surface area contributed by atoms with Gasteiger partial charge in [0, 0.05) is 18.2 Å². The van der Waals surface area contributed by atoms with Crippen LogP contribution in [0.25, 0.3) is 5.57 Å². The molecule has 3 rings (SSSR count). The number of carbonyl (C=O) groups is 1. The van der Waals surface area contributed by atoms with Crippen LogP contribution in [0.4, 0.5) is 10.5 Å². The van der Waals surface area contributed by atoms with E-state index in [0.29, 0.717) is 10.0 Å². The van der Waals surface area contributed by atoms with Gasteiger partial charge in [-0.15, -0.1) is 6.58 Å². The minimum atomic E-state index is -4.58. The van der Waals surface area contributed by atoms with Crippen LogP contribution in [0.5, 0.6) is 0 Å². The molecule has 1 unspecified atom stereocenters. The fourth-order valence-corrected chi connectivity index (χ4v) is 4.56. The molecule has 164 valence electrons. The largest absolute Gasteiger partial charge is 0.465 e. The molecule has 0 radical (unpaired) electrons. The molecule has 0 saturated carbocycles. The van der Waals surface area contributed by atoms with Gasteiger partial charge < -0.3 is 14.4 Å². The third kappa shape index (κ3) is 4.63. The van der Waals surface area contributed by atoms with Gasteiger partial charge in [-0.1, -0.05) is 28.8 Å². The van der Waals surface area contributed by atoms with Crippen LogP contribution in [-0.2, 0) is 14.9 Å². The third-order valence-electron chi connectivity index (χ3n) is 4.31. The van der Waals surface area contributed by atoms with Crippen molar-refractivity contribution in [3.8, 4) is 0 Å². The summed E-state index contributed by atoms with van der Waals surface area (Å²) in [7, 11) is -4.58. The maximum absolute atomic E-state index is 13.4. The van der Waals surface area contributed by atoms with Crippen LogP contribution in [0.1, 0.15) is 5.89 Å². The number of oxazole rings is 1. The number of hydrogen-bond acceptors (Lipinski definition) is 8. The van der Waals surface area contributed by atoms with E-state index in [1.54, 1.807) is 0 Å². The van der Waals surface area contributed by atoms with Crippen molar-refractivity contribution in [2.75, 3.05) is 19.7 Å². The predicted octanol–water partition coefficient (Wildman–Crippen LogP) is 2.14. The lowest BCUT2D eigenvalue weighted by Crippen LogP contribution is -2.50. The molecule has 1 aliphatic heterocycles. The quantitative estimate of drug-likeness (QED) is 0.361. The van der Waals surface area contributed by atoms with Crippen molar-refractivity contribution >= 4 is 27.4 Å². The van der Waals surface area contributed by atoms with Crippen molar-refractivity contribution < 1.29 is 32.5 Å². The predicted molar refractivity (Wildman–Crippen MR) is 106 cm³/mol. The van der Waals surface area contributed by atoms with Crippen LogP contribution < -0.4 is 0 Å². The van der Waals surface area contributed by atoms with Gasteiger partial charge >= 0.3 is 6.09 Å². The van der Waals surface area contributed by atoms with Crippen molar-refractivity contribution in [1.29, 1.82) is 0 Å². The van der Waals surface area contributed by atoms with Crippen molar-refractivity contribution in [2.45, 2.75) is 10.9 Å². The van der Waals surface area contributed by atoms with E-state index in [-0.39, 0.29) is 25.6 Å². The van der Waals surface area contributed by atoms with Crippen LogP contribution in [0.15, 0.2) is 64.8 Å². The van der Waals surface area contributed by atoms with Gasteiger partial charge in [-0.25, -0.2) is 18.2 Å². The SMILES string of the molecule is C=CCON(C1C=C(c2ncco2)CN(C(=O)O)C1)S(=O)(=O)c1ccccc1[N+](=O)[O-]. The summed E-state index contributed by atoms with van der Waals surface area (Å²) < 4.78 is 32.5. The summed E-state index contributed by atoms with van der Waals surface area (Å²) in [6.45, 7) is 2.86. The lowest BCUT2D eigenvalue weighted by Gasteiger charge is -2.34. The molecule has 1 amide bonds. The highest BCUT2D eigenvalue weighted by molar-refractivity contribution is 7.89. The average molecular weight is 450 g/mol. The van der Waals surface area contributed by atoms with Crippen LogP contribution in [0, 0.1) is 10.1 Å². The molecule has 1 atom stereocenters. The second-order valence-electron chi connectivity index (χ2n) is 6.33. The molecule has 0 fully saturated rings. The third-order valence-corrected chi connectivity index (χ3v) is 6.06. The number of carboxylic acid groups (broad SMARTS) is 1. The smallest absolute Gasteiger partial charge is 0.407 e. The summed E-state index contributed by atoms with van der Waals surface area (Å²) in [5.74, 6) is 0.114. The Morgan fingerprint density at radius 1 is 1.48 bits per heavy atom. The molecule has 12 nitrogen and oxygen atoms in total. The number of nitrogens with zero attached hydrogens (tertiary/aromatic N) is 4. The van der Waals surface area contributed by atoms with Gasteiger partial charge in [0.2, 0.25) is 5.89 Å². The fourth-order valence-electron chi connectivity index (χ4n) is 3.02. The Balaban J connectivity index is 2.11. The molecule has 0 saturated heterocycles. The minimum absolute atomic E-state index is 0.0901. The summed E-state index contributed by atoms with van der Waals surface area (Å²) in [6.07, 6.45) is 4.09. The molecule has 0 aliphatic carbocycles. The number of aromatic nitrogens is 1. The van der Waals surface area contributed by atoms with E-state index in [2.05, 4.69) is 11.6 Å². The highest BCUT2D eigenvalue weighted by Crippen LogP contribution is 2.30. The lowest BCUT2D eigenvalue weighted by atomic mass is 10.1. The number of benzene rings is 1. The summed E-state index contributed by atoms with van der Waals surface area (Å²) in [4.78, 5) is 31.9. The first-order chi connectivity index (χ1) is 14.8. The first kappa shape index (κ1) is 22.1. The second-order valence-corrected chi connectivity index (χ2v) is 8.08. The summed E-state index contributed by atoms with van der Waals surface area (Å²) >= 11 is 0. The number of hydrogen-bond donors (Lipinski definition) is 1. The molecule has 31 heavy (non-hydrogen) atoms. The molecule has 0 bridgehead atoms. The number of sulfonamides is 1. The van der Waals surface area contributed by atoms with E-state index in [1.807, 2.05) is 0 Å². The zero-order valence-corrected chi connectivity index (χ0v) is 16.8. The Hall–Kier alpha value is -3.55. The number of rotatable bonds is 8. The Kier molecular flexibility index (Phi) is 6.48. The average Bonchev–Trinajstić information content (AvgIpc) is 3.28. The minimum Gasteiger partial charge on any atom is -0.465 e. The monoisotopic (exact) mass is 450 g/mol. The molecule has 13 heteroatoms. The maximum atomic E-state index is 13.4. The normalized spacial score (nSPS) is 16.7. The highest BCUT2D eigenvalue weighted by Gasteiger charge is 2.40. The Labute approximate surface area is 176 Å². The molecular formula is C18H18N4O8S. The van der Waals surface area contributed by atoms with Crippen LogP contribution in [0.2, 0.25) is 0 Å². The molecule has 1 aliphatic rings. The van der Waals surface area contributed by atoms with Gasteiger partial charge in [-0.3, -0.25) is 15.0 Å². The second kappa shape index (κ2) is 9.07. The molecule has 0 spiro atoms. The van der Waals surface area contributed by atoms with Crippen molar-refractivity contribution in [1.82, 2.24) is 14.4 Å². The van der Waals surface area contributed by atoms with Gasteiger partial charge in [0.15, 0.2) is 4.90 Å². The molecule has 1 aromatic heterocycles. The number of para-hydroxylation sites is 1. The van der Waals surface area contributed by atoms with E-state index in [1.165, 1.54) is 36.7 Å². The maximum Gasteiger partial charge on any atom is 0.407 e. The molecule has 1 aromatic carbocycles. The van der Waals surface area contributed by atoms with E-state index < -0.39 is 37.7 Å². The first-order valence-electron chi connectivity index (χ1n) is 8.85. The summed E-state index contributed by atoms with van der Waals surface area (Å²) in [5, 5.41) is 20.9. The van der Waals surface area contributed by atoms with E-state index in [4.69, 9.17) is 9.25 Å². The lowest BCUT2D eigenvalue weighted by molar-refractivity contribution is -0.387. The van der Waals surface area contributed by atoms with Gasteiger partial charge in [0.05, 0.1) is 30.3 Å². The fraction of sp³-hybridized carbons (Fsp3) is 0.222.